The Morgan fingerprint density at radius 1 is 1.27 bits per heavy atom. The van der Waals surface area contributed by atoms with Crippen molar-refractivity contribution in [2.75, 3.05) is 25.1 Å². The number of nitrogens with two attached hydrogens (primary N) is 1. The van der Waals surface area contributed by atoms with Crippen molar-refractivity contribution in [1.29, 1.82) is 0 Å². The molecule has 2 aliphatic heterocycles. The molecule has 26 heavy (non-hydrogen) atoms. The standard InChI is InChI=1S/C20H27N3O3/c1-3-26-18(25)19-13-23(14-9-5-4-6-10-14)17(24)20(19,21)22(2)16-12-8-7-11-15(16)19/h7-8,11-12,14H,3-6,9-10,13,21H2,1-2H3/t19-,20-/m1/s1. The van der Waals surface area contributed by atoms with Crippen LogP contribution in [-0.4, -0.2) is 48.7 Å². The maximum absolute atomic E-state index is 13.6. The van der Waals surface area contributed by atoms with Crippen molar-refractivity contribution in [3.63, 3.8) is 0 Å². The molecule has 0 bridgehead atoms. The van der Waals surface area contributed by atoms with Gasteiger partial charge in [0, 0.05) is 25.3 Å². The first kappa shape index (κ1) is 17.3. The zero-order chi connectivity index (χ0) is 18.5. The van der Waals surface area contributed by atoms with Crippen molar-refractivity contribution in [1.82, 2.24) is 4.90 Å². The van der Waals surface area contributed by atoms with Gasteiger partial charge in [0.15, 0.2) is 11.1 Å². The Labute approximate surface area is 154 Å². The molecule has 2 heterocycles. The smallest absolute Gasteiger partial charge is 0.322 e. The highest BCUT2D eigenvalue weighted by Gasteiger charge is 2.74. The molecule has 140 valence electrons. The minimum atomic E-state index is -1.43. The minimum absolute atomic E-state index is 0.156. The van der Waals surface area contributed by atoms with E-state index in [1.807, 2.05) is 36.2 Å². The van der Waals surface area contributed by atoms with E-state index in [1.54, 1.807) is 11.8 Å². The lowest BCUT2D eigenvalue weighted by molar-refractivity contribution is -0.152. The first-order valence-corrected chi connectivity index (χ1v) is 9.59. The van der Waals surface area contributed by atoms with E-state index in [-0.39, 0.29) is 18.6 Å². The lowest BCUT2D eigenvalue weighted by Crippen LogP contribution is -2.68. The van der Waals surface area contributed by atoms with E-state index in [0.717, 1.165) is 36.9 Å². The maximum Gasteiger partial charge on any atom is 0.322 e. The third kappa shape index (κ3) is 1.96. The molecule has 0 radical (unpaired) electrons. The van der Waals surface area contributed by atoms with E-state index >= 15 is 0 Å². The van der Waals surface area contributed by atoms with Crippen molar-refractivity contribution in [3.8, 4) is 0 Å². The van der Waals surface area contributed by atoms with Crippen molar-refractivity contribution in [2.24, 2.45) is 5.73 Å². The number of rotatable bonds is 3. The van der Waals surface area contributed by atoms with E-state index in [0.29, 0.717) is 6.54 Å². The summed E-state index contributed by atoms with van der Waals surface area (Å²) in [5.41, 5.74) is 5.83. The molecular formula is C20H27N3O3. The van der Waals surface area contributed by atoms with E-state index in [1.165, 1.54) is 6.42 Å². The Morgan fingerprint density at radius 3 is 2.65 bits per heavy atom. The number of likely N-dealkylation sites (N-methyl/N-ethyl adjacent to an activating group) is 1. The Bertz CT molecular complexity index is 746. The summed E-state index contributed by atoms with van der Waals surface area (Å²) in [4.78, 5) is 30.4. The van der Waals surface area contributed by atoms with Crippen LogP contribution in [0.5, 0.6) is 0 Å². The molecular weight excluding hydrogens is 330 g/mol. The SMILES string of the molecule is CCOC(=O)[C@]12CN(C3CCCCC3)C(=O)[C@@]1(N)N(C)c1ccccc12. The second-order valence-corrected chi connectivity index (χ2v) is 7.69. The van der Waals surface area contributed by atoms with E-state index in [2.05, 4.69) is 0 Å². The molecule has 1 aromatic carbocycles. The van der Waals surface area contributed by atoms with Crippen molar-refractivity contribution in [3.05, 3.63) is 29.8 Å². The van der Waals surface area contributed by atoms with Crippen LogP contribution in [0.3, 0.4) is 0 Å². The lowest BCUT2D eigenvalue weighted by Gasteiger charge is -2.37. The van der Waals surface area contributed by atoms with Gasteiger partial charge in [-0.15, -0.1) is 0 Å². The third-order valence-electron chi connectivity index (χ3n) is 6.54. The molecule has 4 rings (SSSR count). The summed E-state index contributed by atoms with van der Waals surface area (Å²) in [7, 11) is 1.81. The van der Waals surface area contributed by atoms with Gasteiger partial charge in [0.1, 0.15) is 0 Å². The summed E-state index contributed by atoms with van der Waals surface area (Å²) in [6.45, 7) is 2.35. The van der Waals surface area contributed by atoms with Crippen molar-refractivity contribution >= 4 is 17.6 Å². The highest BCUT2D eigenvalue weighted by atomic mass is 16.5. The average molecular weight is 357 g/mol. The van der Waals surface area contributed by atoms with Gasteiger partial charge in [-0.05, 0) is 31.4 Å². The van der Waals surface area contributed by atoms with Gasteiger partial charge in [-0.2, -0.15) is 0 Å². The third-order valence-corrected chi connectivity index (χ3v) is 6.54. The number of ether oxygens (including phenoxy) is 1. The van der Waals surface area contributed by atoms with Gasteiger partial charge in [-0.3, -0.25) is 15.3 Å². The number of para-hydroxylation sites is 1. The van der Waals surface area contributed by atoms with Crippen LogP contribution in [0.4, 0.5) is 5.69 Å². The number of fused-ring (bicyclic) bond motifs is 3. The first-order valence-electron chi connectivity index (χ1n) is 9.59. The van der Waals surface area contributed by atoms with Crippen LogP contribution in [0.25, 0.3) is 0 Å². The molecule has 1 saturated heterocycles. The molecule has 1 amide bonds. The number of carbonyl (C=O) groups is 2. The van der Waals surface area contributed by atoms with Crippen LogP contribution in [0, 0.1) is 0 Å². The number of hydrogen-bond donors (Lipinski definition) is 1. The van der Waals surface area contributed by atoms with Gasteiger partial charge in [-0.1, -0.05) is 37.5 Å². The molecule has 1 aromatic rings. The topological polar surface area (TPSA) is 75.9 Å². The predicted molar refractivity (Wildman–Crippen MR) is 98.7 cm³/mol. The zero-order valence-corrected chi connectivity index (χ0v) is 15.5. The molecule has 6 nitrogen and oxygen atoms in total. The molecule has 0 unspecified atom stereocenters. The lowest BCUT2D eigenvalue weighted by atomic mass is 9.74. The molecule has 0 spiro atoms. The highest BCUT2D eigenvalue weighted by Crippen LogP contribution is 2.54. The average Bonchev–Trinajstić information content (AvgIpc) is 3.02. The summed E-state index contributed by atoms with van der Waals surface area (Å²) in [5, 5.41) is 0. The normalized spacial score (nSPS) is 31.1. The molecule has 2 N–H and O–H groups in total. The van der Waals surface area contributed by atoms with E-state index in [9.17, 15) is 9.59 Å². The maximum atomic E-state index is 13.6. The summed E-state index contributed by atoms with van der Waals surface area (Å²) in [6.07, 6.45) is 5.39. The monoisotopic (exact) mass is 357 g/mol. The fourth-order valence-corrected chi connectivity index (χ4v) is 5.16. The Kier molecular flexibility index (Phi) is 3.99. The van der Waals surface area contributed by atoms with Crippen molar-refractivity contribution in [2.45, 2.75) is 56.1 Å². The fourth-order valence-electron chi connectivity index (χ4n) is 5.16. The number of nitrogens with zero attached hydrogens (tertiary/aromatic N) is 2. The molecule has 2 fully saturated rings. The fraction of sp³-hybridized carbons (Fsp3) is 0.600. The van der Waals surface area contributed by atoms with Gasteiger partial charge < -0.3 is 14.5 Å². The Balaban J connectivity index is 1.86. The minimum Gasteiger partial charge on any atom is -0.465 e. The number of amides is 1. The number of benzene rings is 1. The molecule has 1 aliphatic carbocycles. The van der Waals surface area contributed by atoms with Crippen LogP contribution in [0.1, 0.15) is 44.6 Å². The largest absolute Gasteiger partial charge is 0.465 e. The first-order chi connectivity index (χ1) is 12.5. The molecule has 1 saturated carbocycles. The number of carbonyl (C=O) groups excluding carboxylic acids is 2. The zero-order valence-electron chi connectivity index (χ0n) is 15.5. The second kappa shape index (κ2) is 5.98. The van der Waals surface area contributed by atoms with Crippen LogP contribution >= 0.6 is 0 Å². The number of anilines is 1. The number of hydrogen-bond acceptors (Lipinski definition) is 5. The van der Waals surface area contributed by atoms with Crippen LogP contribution < -0.4 is 10.6 Å². The molecule has 6 heteroatoms. The highest BCUT2D eigenvalue weighted by molar-refractivity contribution is 6.07. The van der Waals surface area contributed by atoms with E-state index < -0.39 is 17.0 Å². The molecule has 3 aliphatic rings. The van der Waals surface area contributed by atoms with Gasteiger partial charge in [0.05, 0.1) is 6.61 Å². The Morgan fingerprint density at radius 2 is 1.96 bits per heavy atom. The summed E-state index contributed by atoms with van der Waals surface area (Å²) in [6, 6.07) is 7.79. The molecule has 0 aromatic heterocycles. The number of likely N-dealkylation sites (tertiary alicyclic amines) is 1. The number of esters is 1. The van der Waals surface area contributed by atoms with E-state index in [4.69, 9.17) is 10.5 Å². The summed E-state index contributed by atoms with van der Waals surface area (Å²) < 4.78 is 5.46. The second-order valence-electron chi connectivity index (χ2n) is 7.69. The van der Waals surface area contributed by atoms with Gasteiger partial charge in [0.25, 0.3) is 5.91 Å². The van der Waals surface area contributed by atoms with Crippen LogP contribution in [-0.2, 0) is 19.7 Å². The van der Waals surface area contributed by atoms with Crippen LogP contribution in [0.2, 0.25) is 0 Å². The summed E-state index contributed by atoms with van der Waals surface area (Å²) in [5.74, 6) is -0.554. The van der Waals surface area contributed by atoms with Crippen molar-refractivity contribution < 1.29 is 14.3 Å². The molecule has 2 atom stereocenters. The van der Waals surface area contributed by atoms with Gasteiger partial charge in [0.2, 0.25) is 0 Å². The Hall–Kier alpha value is -2.08. The van der Waals surface area contributed by atoms with Crippen LogP contribution in [0.15, 0.2) is 24.3 Å². The summed E-state index contributed by atoms with van der Waals surface area (Å²) >= 11 is 0. The quantitative estimate of drug-likeness (QED) is 0.835. The predicted octanol–water partition coefficient (Wildman–Crippen LogP) is 1.77. The van der Waals surface area contributed by atoms with Gasteiger partial charge >= 0.3 is 5.97 Å². The van der Waals surface area contributed by atoms with Gasteiger partial charge in [-0.25, -0.2) is 0 Å².